The van der Waals surface area contributed by atoms with Crippen molar-refractivity contribution >= 4 is 11.9 Å². The van der Waals surface area contributed by atoms with Gasteiger partial charge < -0.3 is 14.8 Å². The van der Waals surface area contributed by atoms with E-state index in [1.807, 2.05) is 0 Å². The number of imide groups is 1. The Morgan fingerprint density at radius 2 is 2.08 bits per heavy atom. The Morgan fingerprint density at radius 1 is 1.27 bits per heavy atom. The number of nitrogens with zero attached hydrogens (tertiary/aromatic N) is 2. The second-order valence-corrected chi connectivity index (χ2v) is 7.28. The number of likely N-dealkylation sites (tertiary alicyclic amines) is 1. The average Bonchev–Trinajstić information content (AvgIpc) is 3.19. The molecular formula is C19H25N3O4. The van der Waals surface area contributed by atoms with E-state index in [2.05, 4.69) is 28.4 Å². The summed E-state index contributed by atoms with van der Waals surface area (Å²) < 4.78 is 10.6. The quantitative estimate of drug-likeness (QED) is 0.799. The van der Waals surface area contributed by atoms with Crippen molar-refractivity contribution < 1.29 is 19.1 Å². The van der Waals surface area contributed by atoms with Crippen molar-refractivity contribution in [2.75, 3.05) is 40.0 Å². The lowest BCUT2D eigenvalue weighted by atomic mass is 9.87. The van der Waals surface area contributed by atoms with Crippen LogP contribution in [0.3, 0.4) is 0 Å². The Kier molecular flexibility index (Phi) is 4.58. The summed E-state index contributed by atoms with van der Waals surface area (Å²) in [5, 5.41) is 2.93. The van der Waals surface area contributed by atoms with Gasteiger partial charge in [0.15, 0.2) is 0 Å². The molecule has 1 spiro atoms. The molecule has 7 nitrogen and oxygen atoms in total. The molecule has 26 heavy (non-hydrogen) atoms. The van der Waals surface area contributed by atoms with Gasteiger partial charge in [0.2, 0.25) is 0 Å². The third kappa shape index (κ3) is 3.05. The summed E-state index contributed by atoms with van der Waals surface area (Å²) in [5.41, 5.74) is 1.77. The zero-order valence-electron chi connectivity index (χ0n) is 15.1. The number of carbonyl (C=O) groups excluding carboxylic acids is 2. The third-order valence-electron chi connectivity index (χ3n) is 5.64. The topological polar surface area (TPSA) is 71.1 Å². The largest absolute Gasteiger partial charge is 0.493 e. The molecule has 140 valence electrons. The number of hydrogen-bond acceptors (Lipinski definition) is 5. The van der Waals surface area contributed by atoms with E-state index >= 15 is 0 Å². The summed E-state index contributed by atoms with van der Waals surface area (Å²) >= 11 is 0. The van der Waals surface area contributed by atoms with Crippen molar-refractivity contribution in [3.8, 4) is 5.75 Å². The number of hydrogen-bond donors (Lipinski definition) is 1. The molecule has 2 fully saturated rings. The summed E-state index contributed by atoms with van der Waals surface area (Å²) in [6.07, 6.45) is 2.27. The molecule has 7 heteroatoms. The van der Waals surface area contributed by atoms with Gasteiger partial charge in [-0.1, -0.05) is 12.1 Å². The molecule has 0 unspecified atom stereocenters. The first kappa shape index (κ1) is 17.3. The number of ether oxygens (including phenoxy) is 2. The number of nitrogens with one attached hydrogen (secondary N) is 1. The Labute approximate surface area is 153 Å². The van der Waals surface area contributed by atoms with Gasteiger partial charge in [-0.25, -0.2) is 4.79 Å². The maximum atomic E-state index is 12.7. The third-order valence-corrected chi connectivity index (χ3v) is 5.64. The zero-order chi connectivity index (χ0) is 18.1. The van der Waals surface area contributed by atoms with E-state index in [9.17, 15) is 9.59 Å². The molecule has 0 bridgehead atoms. The van der Waals surface area contributed by atoms with E-state index < -0.39 is 5.54 Å². The van der Waals surface area contributed by atoms with Crippen LogP contribution < -0.4 is 10.1 Å². The van der Waals surface area contributed by atoms with E-state index in [1.54, 1.807) is 7.11 Å². The summed E-state index contributed by atoms with van der Waals surface area (Å²) in [6.45, 7) is 3.84. The maximum absolute atomic E-state index is 12.7. The highest BCUT2D eigenvalue weighted by Crippen LogP contribution is 2.31. The Morgan fingerprint density at radius 3 is 2.85 bits per heavy atom. The van der Waals surface area contributed by atoms with Crippen molar-refractivity contribution in [1.82, 2.24) is 15.1 Å². The van der Waals surface area contributed by atoms with Crippen LogP contribution in [-0.4, -0.2) is 67.2 Å². The number of benzene rings is 1. The molecule has 3 aliphatic heterocycles. The number of urea groups is 1. The highest BCUT2D eigenvalue weighted by Gasteiger charge is 2.52. The van der Waals surface area contributed by atoms with Gasteiger partial charge in [0.1, 0.15) is 11.3 Å². The minimum Gasteiger partial charge on any atom is -0.493 e. The number of methoxy groups -OCH3 is 1. The Balaban J connectivity index is 1.37. The standard InChI is InChI=1S/C19H25N3O4/c1-25-11-9-22-17(23)19(20-18(22)24)5-7-21(8-6-19)13-14-2-3-15-4-10-26-16(15)12-14/h2-3,12H,4-11,13H2,1H3,(H,20,24). The van der Waals surface area contributed by atoms with Crippen LogP contribution in [0.2, 0.25) is 0 Å². The first-order valence-electron chi connectivity index (χ1n) is 9.21. The number of piperidine rings is 1. The molecule has 1 N–H and O–H groups in total. The second kappa shape index (κ2) is 6.89. The van der Waals surface area contributed by atoms with Gasteiger partial charge in [0.05, 0.1) is 19.8 Å². The monoisotopic (exact) mass is 359 g/mol. The minimum absolute atomic E-state index is 0.106. The van der Waals surface area contributed by atoms with Gasteiger partial charge in [-0.15, -0.1) is 0 Å². The second-order valence-electron chi connectivity index (χ2n) is 7.28. The van der Waals surface area contributed by atoms with Crippen LogP contribution in [-0.2, 0) is 22.5 Å². The van der Waals surface area contributed by atoms with E-state index in [-0.39, 0.29) is 11.9 Å². The van der Waals surface area contributed by atoms with Gasteiger partial charge in [0.25, 0.3) is 5.91 Å². The van der Waals surface area contributed by atoms with Gasteiger partial charge in [-0.2, -0.15) is 0 Å². The van der Waals surface area contributed by atoms with E-state index in [1.165, 1.54) is 16.0 Å². The fraction of sp³-hybridized carbons (Fsp3) is 0.579. The fourth-order valence-electron chi connectivity index (χ4n) is 4.06. The lowest BCUT2D eigenvalue weighted by molar-refractivity contribution is -0.133. The van der Waals surface area contributed by atoms with Crippen molar-refractivity contribution in [2.24, 2.45) is 0 Å². The lowest BCUT2D eigenvalue weighted by Crippen LogP contribution is -2.54. The molecule has 1 aromatic rings. The van der Waals surface area contributed by atoms with Crippen molar-refractivity contribution in [2.45, 2.75) is 31.3 Å². The van der Waals surface area contributed by atoms with Crippen LogP contribution >= 0.6 is 0 Å². The molecule has 0 atom stereocenters. The van der Waals surface area contributed by atoms with Crippen molar-refractivity contribution in [1.29, 1.82) is 0 Å². The van der Waals surface area contributed by atoms with Crippen LogP contribution in [0.5, 0.6) is 5.75 Å². The molecule has 0 radical (unpaired) electrons. The van der Waals surface area contributed by atoms with E-state index in [0.29, 0.717) is 26.0 Å². The molecule has 3 amide bonds. The average molecular weight is 359 g/mol. The normalized spacial score (nSPS) is 21.8. The number of carbonyl (C=O) groups is 2. The highest BCUT2D eigenvalue weighted by atomic mass is 16.5. The molecule has 4 rings (SSSR count). The lowest BCUT2D eigenvalue weighted by Gasteiger charge is -2.37. The van der Waals surface area contributed by atoms with Crippen LogP contribution in [0.25, 0.3) is 0 Å². The Hall–Kier alpha value is -2.12. The minimum atomic E-state index is -0.734. The molecule has 2 saturated heterocycles. The number of rotatable bonds is 5. The first-order valence-corrected chi connectivity index (χ1v) is 9.21. The van der Waals surface area contributed by atoms with Crippen LogP contribution in [0.4, 0.5) is 4.79 Å². The summed E-state index contributed by atoms with van der Waals surface area (Å²) in [5.74, 6) is 0.896. The van der Waals surface area contributed by atoms with Gasteiger partial charge in [-0.05, 0) is 30.0 Å². The molecule has 3 heterocycles. The zero-order valence-corrected chi connectivity index (χ0v) is 15.1. The molecule has 3 aliphatic rings. The van der Waals surface area contributed by atoms with Crippen molar-refractivity contribution in [3.63, 3.8) is 0 Å². The predicted octanol–water partition coefficient (Wildman–Crippen LogP) is 1.15. The van der Waals surface area contributed by atoms with E-state index in [0.717, 1.165) is 38.4 Å². The van der Waals surface area contributed by atoms with Crippen LogP contribution in [0.1, 0.15) is 24.0 Å². The highest BCUT2D eigenvalue weighted by molar-refractivity contribution is 6.07. The fourth-order valence-corrected chi connectivity index (χ4v) is 4.06. The summed E-state index contributed by atoms with van der Waals surface area (Å²) in [6, 6.07) is 6.14. The SMILES string of the molecule is COCCN1C(=O)NC2(CCN(Cc3ccc4c(c3)OCC4)CC2)C1=O. The maximum Gasteiger partial charge on any atom is 0.325 e. The van der Waals surface area contributed by atoms with Gasteiger partial charge >= 0.3 is 6.03 Å². The van der Waals surface area contributed by atoms with Gasteiger partial charge in [0, 0.05) is 33.2 Å². The summed E-state index contributed by atoms with van der Waals surface area (Å²) in [4.78, 5) is 28.5. The number of fused-ring (bicyclic) bond motifs is 1. The summed E-state index contributed by atoms with van der Waals surface area (Å²) in [7, 11) is 1.57. The van der Waals surface area contributed by atoms with Crippen LogP contribution in [0, 0.1) is 0 Å². The van der Waals surface area contributed by atoms with Crippen LogP contribution in [0.15, 0.2) is 18.2 Å². The number of amides is 3. The first-order chi connectivity index (χ1) is 12.6. The van der Waals surface area contributed by atoms with Gasteiger partial charge in [-0.3, -0.25) is 14.6 Å². The van der Waals surface area contributed by atoms with E-state index in [4.69, 9.17) is 9.47 Å². The molecule has 0 aliphatic carbocycles. The van der Waals surface area contributed by atoms with Crippen molar-refractivity contribution in [3.05, 3.63) is 29.3 Å². The molecule has 1 aromatic carbocycles. The molecule has 0 saturated carbocycles. The molecular weight excluding hydrogens is 334 g/mol. The predicted molar refractivity (Wildman–Crippen MR) is 95.0 cm³/mol. The smallest absolute Gasteiger partial charge is 0.325 e. The molecule has 0 aromatic heterocycles. The Bertz CT molecular complexity index is 713.